The normalized spacial score (nSPS) is 25.3. The third-order valence-corrected chi connectivity index (χ3v) is 5.45. The minimum Gasteiger partial charge on any atom is -0.485 e. The quantitative estimate of drug-likeness (QED) is 0.853. The number of nitrogens with one attached hydrogen (secondary N) is 1. The molecule has 2 aliphatic rings. The Morgan fingerprint density at radius 1 is 1.33 bits per heavy atom. The smallest absolute Gasteiger partial charge is 0.286 e. The number of thioether (sulfide) groups is 1. The molecule has 1 unspecified atom stereocenters. The molecule has 1 N–H and O–H groups in total. The molecule has 0 spiro atoms. The van der Waals surface area contributed by atoms with Crippen LogP contribution < -0.4 is 14.4 Å². The highest BCUT2D eigenvalue weighted by atomic mass is 32.2. The Hall–Kier alpha value is -1.74. The van der Waals surface area contributed by atoms with Crippen molar-refractivity contribution in [2.75, 3.05) is 17.1 Å². The van der Waals surface area contributed by atoms with Gasteiger partial charge in [-0.3, -0.25) is 19.2 Å². The van der Waals surface area contributed by atoms with Gasteiger partial charge in [0, 0.05) is 0 Å². The van der Waals surface area contributed by atoms with Crippen molar-refractivity contribution in [1.29, 1.82) is 0 Å². The first-order chi connectivity index (χ1) is 9.86. The highest BCUT2D eigenvalue weighted by molar-refractivity contribution is 8.15. The van der Waals surface area contributed by atoms with Crippen LogP contribution in [0.15, 0.2) is 24.3 Å². The molecule has 0 radical (unpaired) electrons. The van der Waals surface area contributed by atoms with Crippen LogP contribution in [-0.4, -0.2) is 43.7 Å². The van der Waals surface area contributed by atoms with E-state index in [9.17, 15) is 18.0 Å². The zero-order valence-electron chi connectivity index (χ0n) is 11.0. The van der Waals surface area contributed by atoms with Gasteiger partial charge in [-0.05, 0) is 23.9 Å². The van der Waals surface area contributed by atoms with Gasteiger partial charge in [-0.15, -0.1) is 0 Å². The van der Waals surface area contributed by atoms with Crippen molar-refractivity contribution >= 4 is 38.6 Å². The fraction of sp³-hybridized carbons (Fsp3) is 0.333. The van der Waals surface area contributed by atoms with Crippen LogP contribution in [0.4, 0.5) is 10.5 Å². The number of rotatable bonds is 2. The van der Waals surface area contributed by atoms with E-state index in [1.165, 1.54) is 4.31 Å². The van der Waals surface area contributed by atoms with E-state index in [2.05, 4.69) is 5.32 Å². The topological polar surface area (TPSA) is 92.8 Å². The maximum atomic E-state index is 12.0. The van der Waals surface area contributed by atoms with Crippen LogP contribution >= 0.6 is 11.8 Å². The van der Waals surface area contributed by atoms with Crippen molar-refractivity contribution in [2.24, 2.45) is 0 Å². The highest BCUT2D eigenvalue weighted by Crippen LogP contribution is 2.37. The Labute approximate surface area is 125 Å². The predicted molar refractivity (Wildman–Crippen MR) is 78.0 cm³/mol. The maximum Gasteiger partial charge on any atom is 0.286 e. The monoisotopic (exact) mass is 328 g/mol. The molecule has 2 atom stereocenters. The summed E-state index contributed by atoms with van der Waals surface area (Å²) in [7, 11) is -3.51. The summed E-state index contributed by atoms with van der Waals surface area (Å²) in [5.74, 6) is -0.0743. The van der Waals surface area contributed by atoms with E-state index in [1.54, 1.807) is 24.3 Å². The van der Waals surface area contributed by atoms with Crippen LogP contribution in [0, 0.1) is 0 Å². The first-order valence-corrected chi connectivity index (χ1v) is 8.84. The van der Waals surface area contributed by atoms with E-state index in [4.69, 9.17) is 4.74 Å². The molecule has 7 nitrogen and oxygen atoms in total. The number of ether oxygens (including phenoxy) is 1. The predicted octanol–water partition coefficient (Wildman–Crippen LogP) is 0.565. The average Bonchev–Trinajstić information content (AvgIpc) is 2.75. The van der Waals surface area contributed by atoms with Gasteiger partial charge in [-0.1, -0.05) is 12.1 Å². The van der Waals surface area contributed by atoms with Crippen LogP contribution in [0.3, 0.4) is 0 Å². The van der Waals surface area contributed by atoms with Crippen molar-refractivity contribution in [3.05, 3.63) is 24.3 Å². The van der Waals surface area contributed by atoms with Crippen LogP contribution in [-0.2, 0) is 14.8 Å². The number of hydrogen-bond donors (Lipinski definition) is 1. The van der Waals surface area contributed by atoms with Crippen molar-refractivity contribution in [3.8, 4) is 5.75 Å². The van der Waals surface area contributed by atoms with E-state index in [1.807, 2.05) is 0 Å². The van der Waals surface area contributed by atoms with Gasteiger partial charge in [-0.2, -0.15) is 0 Å². The Bertz CT molecular complexity index is 718. The van der Waals surface area contributed by atoms with Crippen molar-refractivity contribution in [2.45, 2.75) is 11.4 Å². The van der Waals surface area contributed by atoms with Gasteiger partial charge in [0.25, 0.3) is 5.24 Å². The van der Waals surface area contributed by atoms with Crippen LogP contribution in [0.25, 0.3) is 0 Å². The number of hydrogen-bond acceptors (Lipinski definition) is 6. The number of anilines is 1. The minimum absolute atomic E-state index is 0.00574. The third kappa shape index (κ3) is 2.58. The molecule has 0 aliphatic carbocycles. The lowest BCUT2D eigenvalue weighted by atomic mass is 10.1. The lowest BCUT2D eigenvalue weighted by molar-refractivity contribution is -0.120. The van der Waals surface area contributed by atoms with Crippen molar-refractivity contribution in [3.63, 3.8) is 0 Å². The van der Waals surface area contributed by atoms with Crippen molar-refractivity contribution in [1.82, 2.24) is 5.32 Å². The lowest BCUT2D eigenvalue weighted by Gasteiger charge is -2.35. The van der Waals surface area contributed by atoms with E-state index < -0.39 is 32.5 Å². The summed E-state index contributed by atoms with van der Waals surface area (Å²) in [5.41, 5.74) is 0.436. The fourth-order valence-electron chi connectivity index (χ4n) is 2.31. The second-order valence-electron chi connectivity index (χ2n) is 4.73. The van der Waals surface area contributed by atoms with E-state index >= 15 is 0 Å². The number of amides is 2. The summed E-state index contributed by atoms with van der Waals surface area (Å²) in [5, 5.41) is 0.978. The molecule has 9 heteroatoms. The summed E-state index contributed by atoms with van der Waals surface area (Å²) < 4.78 is 30.8. The van der Waals surface area contributed by atoms with Gasteiger partial charge < -0.3 is 4.74 Å². The molecule has 1 aromatic carbocycles. The van der Waals surface area contributed by atoms with Crippen LogP contribution in [0.2, 0.25) is 0 Å². The molecule has 1 fully saturated rings. The summed E-state index contributed by atoms with van der Waals surface area (Å²) in [6.45, 7) is -0.00574. The second kappa shape index (κ2) is 4.92. The minimum atomic E-state index is -3.51. The molecular formula is C12H12N2O5S2. The lowest BCUT2D eigenvalue weighted by Crippen LogP contribution is -2.49. The number of sulfonamides is 1. The molecule has 1 aromatic rings. The average molecular weight is 328 g/mol. The number of carbonyl (C=O) groups is 2. The van der Waals surface area contributed by atoms with Gasteiger partial charge in [0.2, 0.25) is 15.9 Å². The number of nitrogens with zero attached hydrogens (tertiary/aromatic N) is 1. The van der Waals surface area contributed by atoms with Gasteiger partial charge in [0.1, 0.15) is 17.1 Å². The molecule has 0 aromatic heterocycles. The van der Waals surface area contributed by atoms with Crippen LogP contribution in [0.1, 0.15) is 0 Å². The van der Waals surface area contributed by atoms with E-state index in [0.717, 1.165) is 18.0 Å². The molecule has 0 saturated carbocycles. The standard InChI is InChI=1S/C12H12N2O5S2/c1-21(17,18)14-6-9(10-11(15)13-12(16)20-10)19-8-5-3-2-4-7(8)14/h2-5,9-10H,6H2,1H3,(H,13,15,16)/t9-,10?/m1/s1. The Balaban J connectivity index is 1.98. The van der Waals surface area contributed by atoms with Gasteiger partial charge in [0.15, 0.2) is 0 Å². The Kier molecular flexibility index (Phi) is 3.33. The molecule has 2 aliphatic heterocycles. The van der Waals surface area contributed by atoms with Gasteiger partial charge >= 0.3 is 0 Å². The molecule has 112 valence electrons. The largest absolute Gasteiger partial charge is 0.485 e. The number of para-hydroxylation sites is 2. The zero-order valence-corrected chi connectivity index (χ0v) is 12.6. The van der Waals surface area contributed by atoms with Crippen molar-refractivity contribution < 1.29 is 22.7 Å². The number of fused-ring (bicyclic) bond motifs is 1. The third-order valence-electron chi connectivity index (χ3n) is 3.21. The molecule has 2 amide bonds. The maximum absolute atomic E-state index is 12.0. The molecule has 21 heavy (non-hydrogen) atoms. The summed E-state index contributed by atoms with van der Waals surface area (Å²) in [6, 6.07) is 6.70. The highest BCUT2D eigenvalue weighted by Gasteiger charge is 2.43. The first-order valence-electron chi connectivity index (χ1n) is 6.11. The Morgan fingerprint density at radius 2 is 2.05 bits per heavy atom. The van der Waals surface area contributed by atoms with Gasteiger partial charge in [0.05, 0.1) is 18.5 Å². The van der Waals surface area contributed by atoms with E-state index in [-0.39, 0.29) is 6.54 Å². The molecule has 1 saturated heterocycles. The van der Waals surface area contributed by atoms with E-state index in [0.29, 0.717) is 11.4 Å². The number of carbonyl (C=O) groups excluding carboxylic acids is 2. The molecule has 0 bridgehead atoms. The summed E-state index contributed by atoms with van der Waals surface area (Å²) in [4.78, 5) is 23.0. The van der Waals surface area contributed by atoms with Gasteiger partial charge in [-0.25, -0.2) is 8.42 Å². The molecular weight excluding hydrogens is 316 g/mol. The molecule has 2 heterocycles. The Morgan fingerprint density at radius 3 is 2.67 bits per heavy atom. The number of imide groups is 1. The second-order valence-corrected chi connectivity index (χ2v) is 7.75. The molecule has 3 rings (SSSR count). The zero-order chi connectivity index (χ0) is 15.2. The first kappa shape index (κ1) is 14.2. The number of benzene rings is 1. The summed E-state index contributed by atoms with van der Waals surface area (Å²) in [6.07, 6.45) is 0.380. The van der Waals surface area contributed by atoms with Crippen LogP contribution in [0.5, 0.6) is 5.75 Å². The summed E-state index contributed by atoms with van der Waals surface area (Å²) >= 11 is 0.821. The SMILES string of the molecule is CS(=O)(=O)N1C[C@H](C2SC(=O)NC2=O)Oc2ccccc21. The fourth-order valence-corrected chi connectivity index (χ4v) is 4.09.